The number of nitrogens with zero attached hydrogens (tertiary/aromatic N) is 1. The lowest BCUT2D eigenvalue weighted by atomic mass is 10.1. The van der Waals surface area contributed by atoms with Gasteiger partial charge in [0.25, 0.3) is 0 Å². The van der Waals surface area contributed by atoms with Crippen LogP contribution in [0.2, 0.25) is 0 Å². The highest BCUT2D eigenvalue weighted by Crippen LogP contribution is 2.30. The van der Waals surface area contributed by atoms with Gasteiger partial charge in [0, 0.05) is 37.1 Å². The van der Waals surface area contributed by atoms with Crippen molar-refractivity contribution in [3.05, 3.63) is 59.7 Å². The first-order valence-electron chi connectivity index (χ1n) is 9.11. The molecule has 2 aromatic carbocycles. The van der Waals surface area contributed by atoms with Crippen LogP contribution in [0.3, 0.4) is 0 Å². The zero-order valence-electron chi connectivity index (χ0n) is 15.1. The molecule has 0 aliphatic carbocycles. The van der Waals surface area contributed by atoms with Crippen molar-refractivity contribution in [2.24, 2.45) is 5.73 Å². The highest BCUT2D eigenvalue weighted by Gasteiger charge is 2.19. The molecular weight excluding hydrogens is 342 g/mol. The molecule has 0 aromatic heterocycles. The van der Waals surface area contributed by atoms with Crippen molar-refractivity contribution in [1.29, 1.82) is 0 Å². The summed E-state index contributed by atoms with van der Waals surface area (Å²) in [5.74, 6) is -0.879. The number of anilines is 2. The molecule has 0 saturated carbocycles. The van der Waals surface area contributed by atoms with Crippen molar-refractivity contribution in [3.8, 4) is 0 Å². The van der Waals surface area contributed by atoms with Crippen molar-refractivity contribution in [3.63, 3.8) is 0 Å². The van der Waals surface area contributed by atoms with Crippen LogP contribution in [0.4, 0.5) is 11.4 Å². The number of nitrogens with two attached hydrogens (primary N) is 1. The molecule has 1 fully saturated rings. The van der Waals surface area contributed by atoms with Gasteiger partial charge in [0.05, 0.1) is 11.4 Å². The molecule has 140 valence electrons. The lowest BCUT2D eigenvalue weighted by Crippen LogP contribution is -2.22. The minimum Gasteiger partial charge on any atom is -0.370 e. The lowest BCUT2D eigenvalue weighted by molar-refractivity contribution is -0.116. The summed E-state index contributed by atoms with van der Waals surface area (Å²) < 4.78 is 0. The Morgan fingerprint density at radius 1 is 0.926 bits per heavy atom. The second-order valence-electron chi connectivity index (χ2n) is 6.63. The summed E-state index contributed by atoms with van der Waals surface area (Å²) >= 11 is 0. The number of benzene rings is 2. The standard InChI is InChI=1S/C21H23N3O3/c22-21(27)16-8-9-18(24-12-4-5-13-24)17(14-16)23-20(26)11-10-19(25)15-6-2-1-3-7-15/h1-3,6-9,14H,4-5,10-13H2,(H2,22,27)(H,23,26). The maximum atomic E-state index is 12.4. The van der Waals surface area contributed by atoms with Crippen LogP contribution in [0, 0.1) is 0 Å². The van der Waals surface area contributed by atoms with E-state index in [1.165, 1.54) is 0 Å². The van der Waals surface area contributed by atoms with Gasteiger partial charge in [0.1, 0.15) is 0 Å². The number of amides is 2. The molecular formula is C21H23N3O3. The average Bonchev–Trinajstić information content (AvgIpc) is 3.21. The van der Waals surface area contributed by atoms with E-state index < -0.39 is 5.91 Å². The molecule has 0 spiro atoms. The normalized spacial score (nSPS) is 13.4. The summed E-state index contributed by atoms with van der Waals surface area (Å²) in [5.41, 5.74) is 7.74. The Morgan fingerprint density at radius 3 is 2.30 bits per heavy atom. The van der Waals surface area contributed by atoms with E-state index in [9.17, 15) is 14.4 Å². The maximum Gasteiger partial charge on any atom is 0.248 e. The average molecular weight is 365 g/mol. The Bertz CT molecular complexity index is 843. The van der Waals surface area contributed by atoms with Gasteiger partial charge in [-0.2, -0.15) is 0 Å². The summed E-state index contributed by atoms with van der Waals surface area (Å²) in [5, 5.41) is 2.85. The largest absolute Gasteiger partial charge is 0.370 e. The molecule has 0 unspecified atom stereocenters. The lowest BCUT2D eigenvalue weighted by Gasteiger charge is -2.22. The zero-order chi connectivity index (χ0) is 19.2. The van der Waals surface area contributed by atoms with Crippen LogP contribution in [-0.2, 0) is 4.79 Å². The molecule has 1 heterocycles. The van der Waals surface area contributed by atoms with E-state index in [2.05, 4.69) is 10.2 Å². The fourth-order valence-corrected chi connectivity index (χ4v) is 3.23. The fraction of sp³-hybridized carbons (Fsp3) is 0.286. The fourth-order valence-electron chi connectivity index (χ4n) is 3.23. The van der Waals surface area contributed by atoms with E-state index in [0.717, 1.165) is 31.6 Å². The summed E-state index contributed by atoms with van der Waals surface area (Å²) in [6, 6.07) is 14.0. The second-order valence-corrected chi connectivity index (χ2v) is 6.63. The molecule has 0 bridgehead atoms. The minimum atomic E-state index is -0.544. The van der Waals surface area contributed by atoms with Crippen LogP contribution in [-0.4, -0.2) is 30.7 Å². The first-order valence-corrected chi connectivity index (χ1v) is 9.11. The van der Waals surface area contributed by atoms with E-state index in [1.807, 2.05) is 12.1 Å². The molecule has 1 aliphatic rings. The zero-order valence-corrected chi connectivity index (χ0v) is 15.1. The van der Waals surface area contributed by atoms with Gasteiger partial charge >= 0.3 is 0 Å². The number of carbonyl (C=O) groups is 3. The van der Waals surface area contributed by atoms with Gasteiger partial charge in [-0.3, -0.25) is 14.4 Å². The van der Waals surface area contributed by atoms with Gasteiger partial charge < -0.3 is 16.0 Å². The third kappa shape index (κ3) is 4.73. The summed E-state index contributed by atoms with van der Waals surface area (Å²) in [6.45, 7) is 1.82. The Morgan fingerprint density at radius 2 is 1.63 bits per heavy atom. The number of hydrogen-bond donors (Lipinski definition) is 2. The molecule has 3 N–H and O–H groups in total. The van der Waals surface area contributed by atoms with Crippen LogP contribution in [0.15, 0.2) is 48.5 Å². The first-order chi connectivity index (χ1) is 13.0. The Kier molecular flexibility index (Phi) is 5.86. The second kappa shape index (κ2) is 8.49. The number of rotatable bonds is 7. The van der Waals surface area contributed by atoms with Crippen LogP contribution in [0.5, 0.6) is 0 Å². The molecule has 6 nitrogen and oxygen atoms in total. The monoisotopic (exact) mass is 365 g/mol. The number of hydrogen-bond acceptors (Lipinski definition) is 4. The van der Waals surface area contributed by atoms with Crippen LogP contribution >= 0.6 is 0 Å². The van der Waals surface area contributed by atoms with Crippen LogP contribution in [0.25, 0.3) is 0 Å². The first kappa shape index (κ1) is 18.6. The van der Waals surface area contributed by atoms with Gasteiger partial charge in [0.2, 0.25) is 11.8 Å². The van der Waals surface area contributed by atoms with E-state index in [4.69, 9.17) is 5.73 Å². The summed E-state index contributed by atoms with van der Waals surface area (Å²) in [4.78, 5) is 38.2. The smallest absolute Gasteiger partial charge is 0.248 e. The third-order valence-corrected chi connectivity index (χ3v) is 4.68. The number of nitrogens with one attached hydrogen (secondary N) is 1. The predicted molar refractivity (Wildman–Crippen MR) is 105 cm³/mol. The van der Waals surface area contributed by atoms with Gasteiger partial charge in [-0.05, 0) is 31.0 Å². The SMILES string of the molecule is NC(=O)c1ccc(N2CCCC2)c(NC(=O)CCC(=O)c2ccccc2)c1. The van der Waals surface area contributed by atoms with Gasteiger partial charge in [0.15, 0.2) is 5.78 Å². The minimum absolute atomic E-state index is 0.0728. The molecule has 1 saturated heterocycles. The molecule has 0 radical (unpaired) electrons. The van der Waals surface area contributed by atoms with Crippen molar-refractivity contribution in [1.82, 2.24) is 0 Å². The van der Waals surface area contributed by atoms with Gasteiger partial charge in [-0.1, -0.05) is 30.3 Å². The predicted octanol–water partition coefficient (Wildman–Crippen LogP) is 2.99. The van der Waals surface area contributed by atoms with E-state index in [0.29, 0.717) is 16.8 Å². The van der Waals surface area contributed by atoms with Crippen LogP contribution < -0.4 is 16.0 Å². The molecule has 3 rings (SSSR count). The van der Waals surface area contributed by atoms with Crippen molar-refractivity contribution in [2.75, 3.05) is 23.3 Å². The summed E-state index contributed by atoms with van der Waals surface area (Å²) in [6.07, 6.45) is 2.39. The number of carbonyl (C=O) groups excluding carboxylic acids is 3. The highest BCUT2D eigenvalue weighted by molar-refractivity contribution is 6.02. The van der Waals surface area contributed by atoms with Crippen LogP contribution in [0.1, 0.15) is 46.4 Å². The van der Waals surface area contributed by atoms with E-state index in [1.54, 1.807) is 36.4 Å². The molecule has 0 atom stereocenters. The van der Waals surface area contributed by atoms with E-state index in [-0.39, 0.29) is 24.5 Å². The Balaban J connectivity index is 1.69. The number of primary amides is 1. The topological polar surface area (TPSA) is 92.5 Å². The third-order valence-electron chi connectivity index (χ3n) is 4.68. The Labute approximate surface area is 158 Å². The van der Waals surface area contributed by atoms with Crippen molar-refractivity contribution >= 4 is 29.0 Å². The van der Waals surface area contributed by atoms with E-state index >= 15 is 0 Å². The molecule has 6 heteroatoms. The highest BCUT2D eigenvalue weighted by atomic mass is 16.2. The van der Waals surface area contributed by atoms with Crippen molar-refractivity contribution < 1.29 is 14.4 Å². The Hall–Kier alpha value is -3.15. The van der Waals surface area contributed by atoms with Crippen molar-refractivity contribution in [2.45, 2.75) is 25.7 Å². The summed E-state index contributed by atoms with van der Waals surface area (Å²) in [7, 11) is 0. The quantitative estimate of drug-likeness (QED) is 0.738. The maximum absolute atomic E-state index is 12.4. The number of Topliss-reactive ketones (excluding diaryl/α,β-unsaturated/α-hetero) is 1. The molecule has 2 amide bonds. The number of ketones is 1. The molecule has 27 heavy (non-hydrogen) atoms. The molecule has 2 aromatic rings. The molecule has 1 aliphatic heterocycles. The van der Waals surface area contributed by atoms with Gasteiger partial charge in [-0.25, -0.2) is 0 Å². The van der Waals surface area contributed by atoms with Gasteiger partial charge in [-0.15, -0.1) is 0 Å².